The Morgan fingerprint density at radius 1 is 0.262 bits per heavy atom. The summed E-state index contributed by atoms with van der Waals surface area (Å²) in [6.07, 6.45) is 0. The van der Waals surface area contributed by atoms with Crippen molar-refractivity contribution in [3.05, 3.63) is 351 Å². The lowest BCUT2D eigenvalue weighted by molar-refractivity contribution is 0.202. The van der Waals surface area contributed by atoms with Gasteiger partial charge in [-0.2, -0.15) is 0 Å². The largest absolute Gasteiger partial charge is 0.490 e. The first-order valence-electron chi connectivity index (χ1n) is 36.1. The maximum atomic E-state index is 10.7. The molecule has 0 saturated heterocycles. The van der Waals surface area contributed by atoms with Crippen LogP contribution in [0.15, 0.2) is 340 Å². The second-order valence-corrected chi connectivity index (χ2v) is 27.3. The molecular weight excluding hydrogens is 1320 g/mol. The van der Waals surface area contributed by atoms with E-state index in [0.717, 1.165) is 168 Å². The van der Waals surface area contributed by atoms with Gasteiger partial charge in [0.05, 0.1) is 57.3 Å². The molecule has 0 bridgehead atoms. The minimum atomic E-state index is -0.778. The number of nitrogens with zero attached hydrogens (tertiary/aromatic N) is 8. The van der Waals surface area contributed by atoms with Crippen molar-refractivity contribution in [3.8, 4) is 124 Å². The summed E-state index contributed by atoms with van der Waals surface area (Å²) >= 11 is 0. The lowest BCUT2D eigenvalue weighted by Crippen LogP contribution is -2.20. The molecule has 0 aliphatic rings. The molecule has 4 aromatic heterocycles. The van der Waals surface area contributed by atoms with E-state index in [1.807, 2.05) is 48.5 Å². The highest BCUT2D eigenvalue weighted by Crippen LogP contribution is 2.50. The van der Waals surface area contributed by atoms with Crippen LogP contribution in [0.2, 0.25) is 0 Å². The normalized spacial score (nSPS) is 11.7. The highest BCUT2D eigenvalue weighted by Gasteiger charge is 2.31. The van der Waals surface area contributed by atoms with Crippen LogP contribution in [-0.2, 0) is 5.41 Å². The molecule has 12 heteroatoms. The lowest BCUT2D eigenvalue weighted by atomic mass is 9.74. The maximum absolute atomic E-state index is 10.7. The number of hydrogen-bond acceptors (Lipinski definition) is 8. The summed E-state index contributed by atoms with van der Waals surface area (Å²) in [6, 6.07) is 118. The second kappa shape index (κ2) is 27.9. The Morgan fingerprint density at radius 3 is 0.692 bits per heavy atom. The molecule has 0 unspecified atom stereocenters. The first kappa shape index (κ1) is 65.5. The number of fused-ring (bicyclic) bond motifs is 4. The van der Waals surface area contributed by atoms with Gasteiger partial charge in [0.25, 0.3) is 0 Å². The van der Waals surface area contributed by atoms with Crippen molar-refractivity contribution in [2.75, 3.05) is 26.4 Å². The Balaban J connectivity index is 0.831. The number of aliphatic hydroxyl groups excluding tert-OH is 2. The summed E-state index contributed by atoms with van der Waals surface area (Å²) in [5.74, 6) is 4.53. The van der Waals surface area contributed by atoms with Crippen LogP contribution >= 0.6 is 0 Å². The van der Waals surface area contributed by atoms with Gasteiger partial charge in [-0.05, 0) is 155 Å². The second-order valence-electron chi connectivity index (χ2n) is 27.3. The van der Waals surface area contributed by atoms with Crippen LogP contribution in [0.25, 0.3) is 157 Å². The van der Waals surface area contributed by atoms with E-state index in [1.165, 1.54) is 0 Å². The summed E-state index contributed by atoms with van der Waals surface area (Å²) in [6.45, 7) is 4.26. The Bertz CT molecular complexity index is 5520. The summed E-state index contributed by atoms with van der Waals surface area (Å²) in [4.78, 5) is 21.0. The van der Waals surface area contributed by atoms with Crippen molar-refractivity contribution in [1.82, 2.24) is 38.2 Å². The molecule has 0 saturated carbocycles. The number of aliphatic hydroxyl groups is 2. The van der Waals surface area contributed by atoms with E-state index in [9.17, 15) is 10.2 Å². The molecule has 516 valence electrons. The van der Waals surface area contributed by atoms with Crippen LogP contribution in [0.5, 0.6) is 11.5 Å². The Kier molecular flexibility index (Phi) is 17.1. The monoisotopic (exact) mass is 1390 g/mol. The minimum absolute atomic E-state index is 0.0514. The van der Waals surface area contributed by atoms with Crippen molar-refractivity contribution >= 4 is 44.1 Å². The summed E-state index contributed by atoms with van der Waals surface area (Å²) < 4.78 is 22.7. The van der Waals surface area contributed by atoms with E-state index in [4.69, 9.17) is 29.4 Å². The van der Waals surface area contributed by atoms with Gasteiger partial charge in [0, 0.05) is 72.7 Å². The van der Waals surface area contributed by atoms with Crippen LogP contribution < -0.4 is 9.47 Å². The zero-order chi connectivity index (χ0) is 72.0. The fourth-order valence-electron chi connectivity index (χ4n) is 15.0. The fourth-order valence-corrected chi connectivity index (χ4v) is 15.0. The van der Waals surface area contributed by atoms with Crippen LogP contribution in [0, 0.1) is 0 Å². The zero-order valence-electron chi connectivity index (χ0n) is 58.9. The molecule has 14 aromatic carbocycles. The van der Waals surface area contributed by atoms with Gasteiger partial charge in [-0.25, -0.2) is 19.9 Å². The number of aromatic nitrogens is 8. The van der Waals surface area contributed by atoms with Crippen molar-refractivity contribution < 1.29 is 19.7 Å². The van der Waals surface area contributed by atoms with Crippen LogP contribution in [0.4, 0.5) is 0 Å². The number of imidazole rings is 4. The fraction of sp³-hybridized carbons (Fsp3) is 0.0737. The molecule has 0 radical (unpaired) electrons. The maximum Gasteiger partial charge on any atom is 0.145 e. The summed E-state index contributed by atoms with van der Waals surface area (Å²) in [7, 11) is 0. The van der Waals surface area contributed by atoms with Crippen molar-refractivity contribution in [1.29, 1.82) is 0 Å². The van der Waals surface area contributed by atoms with Gasteiger partial charge >= 0.3 is 0 Å². The summed E-state index contributed by atoms with van der Waals surface area (Å²) in [5.41, 5.74) is 23.6. The Labute approximate surface area is 619 Å². The SMILES string of the molecule is CC(C)(c1cc(-c2ccc(-c3nc4ccccc4n3-c3ccccc3)cc2)c(OCCO)c(-c2ccc(-c3nc4ccccc4n3-c3ccccc3)cc2)c1)c1cc(-c2ccc(-c3nc4ccccc4n3-c3ccccc3)cc2)c(OCCO)c(-c2ccc(-c3nc4ccccc4n3-c3ccccc3)cc2)c1. The van der Waals surface area contributed by atoms with E-state index in [0.29, 0.717) is 11.5 Å². The van der Waals surface area contributed by atoms with E-state index in [-0.39, 0.29) is 26.4 Å². The van der Waals surface area contributed by atoms with Gasteiger partial charge in [-0.1, -0.05) is 232 Å². The van der Waals surface area contributed by atoms with Gasteiger partial charge in [0.1, 0.15) is 48.0 Å². The number of rotatable bonds is 20. The van der Waals surface area contributed by atoms with Crippen LogP contribution in [0.3, 0.4) is 0 Å². The highest BCUT2D eigenvalue weighted by atomic mass is 16.5. The zero-order valence-corrected chi connectivity index (χ0v) is 58.9. The van der Waals surface area contributed by atoms with Gasteiger partial charge < -0.3 is 19.7 Å². The molecule has 0 aliphatic heterocycles. The molecule has 18 aromatic rings. The molecule has 0 amide bonds. The van der Waals surface area contributed by atoms with E-state index in [2.05, 4.69) is 323 Å². The predicted molar refractivity (Wildman–Crippen MR) is 432 cm³/mol. The van der Waals surface area contributed by atoms with Gasteiger partial charge in [-0.3, -0.25) is 18.3 Å². The number of hydrogen-bond donors (Lipinski definition) is 2. The minimum Gasteiger partial charge on any atom is -0.490 e. The number of para-hydroxylation sites is 12. The third-order valence-corrected chi connectivity index (χ3v) is 20.4. The molecule has 18 rings (SSSR count). The van der Waals surface area contributed by atoms with Crippen LogP contribution in [-0.4, -0.2) is 74.8 Å². The molecule has 0 atom stereocenters. The van der Waals surface area contributed by atoms with Crippen molar-refractivity contribution in [3.63, 3.8) is 0 Å². The predicted octanol–water partition coefficient (Wildman–Crippen LogP) is 21.4. The van der Waals surface area contributed by atoms with E-state index < -0.39 is 5.41 Å². The molecule has 0 spiro atoms. The van der Waals surface area contributed by atoms with Gasteiger partial charge in [0.15, 0.2) is 0 Å². The lowest BCUT2D eigenvalue weighted by Gasteiger charge is -2.31. The van der Waals surface area contributed by atoms with E-state index in [1.54, 1.807) is 0 Å². The van der Waals surface area contributed by atoms with Gasteiger partial charge in [-0.15, -0.1) is 0 Å². The number of ether oxygens (including phenoxy) is 2. The standard InChI is InChI=1S/C95H72N8O4/c1-95(2,71-59-77(63-39-47-67(48-40-63)91-96-81-31-15-19-35-85(81)100(91)73-23-7-3-8-24-73)89(106-57-55-104)78(60-71)64-41-49-68(50-42-64)92-97-82-32-16-20-36-86(82)101(92)74-25-9-4-10-26-74)72-61-79(65-43-51-69(52-44-65)93-98-83-33-17-21-37-87(83)102(93)75-27-11-5-12-28-75)90(107-58-56-105)80(62-72)66-45-53-70(54-46-66)94-99-84-34-18-22-38-88(84)103(94)76-29-13-6-14-30-76/h3-54,59-62,104-105H,55-58H2,1-2H3. The third-order valence-electron chi connectivity index (χ3n) is 20.4. The van der Waals surface area contributed by atoms with Crippen molar-refractivity contribution in [2.24, 2.45) is 0 Å². The molecule has 2 N–H and O–H groups in total. The first-order chi connectivity index (χ1) is 52.7. The smallest absolute Gasteiger partial charge is 0.145 e. The van der Waals surface area contributed by atoms with E-state index >= 15 is 0 Å². The van der Waals surface area contributed by atoms with Crippen molar-refractivity contribution in [2.45, 2.75) is 19.3 Å². The van der Waals surface area contributed by atoms with Gasteiger partial charge in [0.2, 0.25) is 0 Å². The highest BCUT2D eigenvalue weighted by molar-refractivity contribution is 5.92. The molecule has 0 fully saturated rings. The quantitative estimate of drug-likeness (QED) is 0.0772. The molecule has 0 aliphatic carbocycles. The first-order valence-corrected chi connectivity index (χ1v) is 36.1. The summed E-state index contributed by atoms with van der Waals surface area (Å²) in [5, 5.41) is 21.5. The molecule has 4 heterocycles. The Hall–Kier alpha value is -13.5. The Morgan fingerprint density at radius 2 is 0.467 bits per heavy atom. The van der Waals surface area contributed by atoms with Crippen LogP contribution in [0.1, 0.15) is 25.0 Å². The molecular formula is C95H72N8O4. The third kappa shape index (κ3) is 12.1. The molecule has 12 nitrogen and oxygen atoms in total. The average molecular weight is 1390 g/mol. The number of benzene rings is 14. The molecule has 107 heavy (non-hydrogen) atoms. The topological polar surface area (TPSA) is 130 Å². The average Bonchev–Trinajstić information content (AvgIpc) is 1.12.